The fourth-order valence-corrected chi connectivity index (χ4v) is 1.72. The first-order valence-electron chi connectivity index (χ1n) is 5.43. The molecule has 1 aromatic carbocycles. The number of benzene rings is 1. The average Bonchev–Trinajstić information content (AvgIpc) is 2.71. The SMILES string of the molecule is C=CC=C(C)C(C)n1nnc2cc(F)ccc21. The van der Waals surface area contributed by atoms with Crippen LogP contribution in [0.2, 0.25) is 0 Å². The van der Waals surface area contributed by atoms with Crippen LogP contribution in [0.4, 0.5) is 4.39 Å². The summed E-state index contributed by atoms with van der Waals surface area (Å²) in [5, 5.41) is 8.03. The van der Waals surface area contributed by atoms with Crippen LogP contribution in [0, 0.1) is 5.82 Å². The molecule has 0 saturated heterocycles. The summed E-state index contributed by atoms with van der Waals surface area (Å²) in [7, 11) is 0. The van der Waals surface area contributed by atoms with Crippen molar-refractivity contribution >= 4 is 11.0 Å². The van der Waals surface area contributed by atoms with E-state index in [0.717, 1.165) is 11.1 Å². The molecule has 2 rings (SSSR count). The maximum atomic E-state index is 13.0. The van der Waals surface area contributed by atoms with E-state index in [9.17, 15) is 4.39 Å². The van der Waals surface area contributed by atoms with Gasteiger partial charge < -0.3 is 0 Å². The minimum atomic E-state index is -0.296. The van der Waals surface area contributed by atoms with Crippen molar-refractivity contribution in [3.63, 3.8) is 0 Å². The summed E-state index contributed by atoms with van der Waals surface area (Å²) in [5.74, 6) is -0.296. The zero-order valence-corrected chi connectivity index (χ0v) is 9.89. The minimum absolute atomic E-state index is 0.0726. The summed E-state index contributed by atoms with van der Waals surface area (Å²) < 4.78 is 14.8. The number of rotatable bonds is 3. The molecule has 0 saturated carbocycles. The quantitative estimate of drug-likeness (QED) is 0.759. The van der Waals surface area contributed by atoms with Gasteiger partial charge in [-0.25, -0.2) is 9.07 Å². The molecule has 1 unspecified atom stereocenters. The Morgan fingerprint density at radius 2 is 2.29 bits per heavy atom. The average molecular weight is 231 g/mol. The third kappa shape index (κ3) is 2.11. The highest BCUT2D eigenvalue weighted by molar-refractivity contribution is 5.74. The maximum absolute atomic E-state index is 13.0. The van der Waals surface area contributed by atoms with E-state index in [4.69, 9.17) is 0 Å². The number of halogens is 1. The van der Waals surface area contributed by atoms with Gasteiger partial charge in [-0.05, 0) is 31.6 Å². The van der Waals surface area contributed by atoms with Gasteiger partial charge in [-0.2, -0.15) is 0 Å². The number of fused-ring (bicyclic) bond motifs is 1. The van der Waals surface area contributed by atoms with Crippen molar-refractivity contribution in [3.8, 4) is 0 Å². The molecule has 0 radical (unpaired) electrons. The van der Waals surface area contributed by atoms with E-state index in [1.165, 1.54) is 12.1 Å². The van der Waals surface area contributed by atoms with Gasteiger partial charge in [0.05, 0.1) is 11.6 Å². The predicted molar refractivity (Wildman–Crippen MR) is 66.2 cm³/mol. The lowest BCUT2D eigenvalue weighted by Gasteiger charge is -2.12. The molecule has 0 spiro atoms. The smallest absolute Gasteiger partial charge is 0.125 e. The Morgan fingerprint density at radius 3 is 3.00 bits per heavy atom. The number of allylic oxidation sites excluding steroid dienone is 3. The molecule has 0 aliphatic heterocycles. The van der Waals surface area contributed by atoms with Gasteiger partial charge in [0.1, 0.15) is 11.3 Å². The molecule has 0 amide bonds. The highest BCUT2D eigenvalue weighted by Gasteiger charge is 2.12. The fourth-order valence-electron chi connectivity index (χ4n) is 1.72. The van der Waals surface area contributed by atoms with Crippen LogP contribution in [-0.4, -0.2) is 15.0 Å². The van der Waals surface area contributed by atoms with Crippen LogP contribution in [0.1, 0.15) is 19.9 Å². The van der Waals surface area contributed by atoms with E-state index in [0.29, 0.717) is 5.52 Å². The molecule has 88 valence electrons. The molecule has 17 heavy (non-hydrogen) atoms. The van der Waals surface area contributed by atoms with Gasteiger partial charge in [0.25, 0.3) is 0 Å². The Kier molecular flexibility index (Phi) is 3.04. The van der Waals surface area contributed by atoms with Crippen LogP contribution in [0.3, 0.4) is 0 Å². The monoisotopic (exact) mass is 231 g/mol. The molecule has 4 heteroatoms. The lowest BCUT2D eigenvalue weighted by Crippen LogP contribution is -2.08. The van der Waals surface area contributed by atoms with Gasteiger partial charge in [0.15, 0.2) is 0 Å². The van der Waals surface area contributed by atoms with Crippen LogP contribution in [0.15, 0.2) is 42.5 Å². The minimum Gasteiger partial charge on any atom is -0.238 e. The largest absolute Gasteiger partial charge is 0.238 e. The molecule has 0 aliphatic rings. The summed E-state index contributed by atoms with van der Waals surface area (Å²) in [6.45, 7) is 7.69. The molecule has 1 atom stereocenters. The van der Waals surface area contributed by atoms with Gasteiger partial charge in [0.2, 0.25) is 0 Å². The first kappa shape index (κ1) is 11.5. The zero-order chi connectivity index (χ0) is 12.4. The number of nitrogens with zero attached hydrogens (tertiary/aromatic N) is 3. The van der Waals surface area contributed by atoms with Crippen molar-refractivity contribution in [1.82, 2.24) is 15.0 Å². The van der Waals surface area contributed by atoms with Crippen LogP contribution in [-0.2, 0) is 0 Å². The van der Waals surface area contributed by atoms with Crippen molar-refractivity contribution in [2.24, 2.45) is 0 Å². The standard InChI is InChI=1S/C13H14FN3/c1-4-5-9(2)10(3)17-13-7-6-11(14)8-12(13)15-16-17/h4-8,10H,1H2,2-3H3. The summed E-state index contributed by atoms with van der Waals surface area (Å²) in [4.78, 5) is 0. The Hall–Kier alpha value is -1.97. The van der Waals surface area contributed by atoms with E-state index in [1.54, 1.807) is 16.8 Å². The molecular formula is C13H14FN3. The maximum Gasteiger partial charge on any atom is 0.125 e. The molecule has 0 aliphatic carbocycles. The molecule has 0 fully saturated rings. The van der Waals surface area contributed by atoms with Gasteiger partial charge >= 0.3 is 0 Å². The summed E-state index contributed by atoms with van der Waals surface area (Å²) in [5.41, 5.74) is 2.52. The van der Waals surface area contributed by atoms with Crippen LogP contribution in [0.5, 0.6) is 0 Å². The molecule has 0 N–H and O–H groups in total. The lowest BCUT2D eigenvalue weighted by atomic mass is 10.1. The predicted octanol–water partition coefficient (Wildman–Crippen LogP) is 3.26. The Balaban J connectivity index is 2.49. The van der Waals surface area contributed by atoms with Gasteiger partial charge in [0, 0.05) is 6.07 Å². The van der Waals surface area contributed by atoms with E-state index in [-0.39, 0.29) is 11.9 Å². The van der Waals surface area contributed by atoms with Crippen molar-refractivity contribution in [1.29, 1.82) is 0 Å². The topological polar surface area (TPSA) is 30.7 Å². The van der Waals surface area contributed by atoms with Crippen LogP contribution in [0.25, 0.3) is 11.0 Å². The lowest BCUT2D eigenvalue weighted by molar-refractivity contribution is 0.551. The molecule has 0 bridgehead atoms. The van der Waals surface area contributed by atoms with Crippen molar-refractivity contribution < 1.29 is 4.39 Å². The Labute approximate surface area is 99.2 Å². The van der Waals surface area contributed by atoms with Crippen molar-refractivity contribution in [2.45, 2.75) is 19.9 Å². The second kappa shape index (κ2) is 4.49. The number of hydrogen-bond donors (Lipinski definition) is 0. The van der Waals surface area contributed by atoms with E-state index >= 15 is 0 Å². The highest BCUT2D eigenvalue weighted by Crippen LogP contribution is 2.21. The molecule has 3 nitrogen and oxygen atoms in total. The normalized spacial score (nSPS) is 13.9. The van der Waals surface area contributed by atoms with E-state index in [1.807, 2.05) is 19.9 Å². The zero-order valence-electron chi connectivity index (χ0n) is 9.89. The Bertz CT molecular complexity index is 583. The second-order valence-electron chi connectivity index (χ2n) is 3.99. The van der Waals surface area contributed by atoms with Gasteiger partial charge in [-0.1, -0.05) is 23.9 Å². The first-order valence-corrected chi connectivity index (χ1v) is 5.43. The van der Waals surface area contributed by atoms with Gasteiger partial charge in [-0.15, -0.1) is 5.10 Å². The summed E-state index contributed by atoms with van der Waals surface area (Å²) >= 11 is 0. The third-order valence-corrected chi connectivity index (χ3v) is 2.84. The Morgan fingerprint density at radius 1 is 1.53 bits per heavy atom. The van der Waals surface area contributed by atoms with Gasteiger partial charge in [-0.3, -0.25) is 0 Å². The fraction of sp³-hybridized carbons (Fsp3) is 0.231. The molecule has 2 aromatic rings. The van der Waals surface area contributed by atoms with E-state index in [2.05, 4.69) is 16.9 Å². The first-order chi connectivity index (χ1) is 8.13. The molecular weight excluding hydrogens is 217 g/mol. The van der Waals surface area contributed by atoms with Crippen LogP contribution < -0.4 is 0 Å². The van der Waals surface area contributed by atoms with Crippen LogP contribution >= 0.6 is 0 Å². The highest BCUT2D eigenvalue weighted by atomic mass is 19.1. The summed E-state index contributed by atoms with van der Waals surface area (Å²) in [6.07, 6.45) is 3.67. The molecule has 1 heterocycles. The second-order valence-corrected chi connectivity index (χ2v) is 3.99. The van der Waals surface area contributed by atoms with Crippen molar-refractivity contribution in [2.75, 3.05) is 0 Å². The number of hydrogen-bond acceptors (Lipinski definition) is 2. The van der Waals surface area contributed by atoms with E-state index < -0.39 is 0 Å². The number of aromatic nitrogens is 3. The molecule has 1 aromatic heterocycles. The van der Waals surface area contributed by atoms with Crippen molar-refractivity contribution in [3.05, 3.63) is 48.3 Å². The third-order valence-electron chi connectivity index (χ3n) is 2.84. The summed E-state index contributed by atoms with van der Waals surface area (Å²) in [6, 6.07) is 4.57.